The fraction of sp³-hybridized carbons (Fsp3) is 0.929. The molecule has 0 radical (unpaired) electrons. The second kappa shape index (κ2) is 6.09. The zero-order chi connectivity index (χ0) is 13.8. The zero-order valence-corrected chi connectivity index (χ0v) is 12.2. The van der Waals surface area contributed by atoms with Crippen LogP contribution in [0.15, 0.2) is 4.99 Å². The van der Waals surface area contributed by atoms with Gasteiger partial charge in [-0.15, -0.1) is 0 Å². The lowest BCUT2D eigenvalue weighted by Gasteiger charge is -2.27. The molecular weight excluding hydrogens is 242 g/mol. The number of nitrogens with one attached hydrogen (secondary N) is 2. The van der Waals surface area contributed by atoms with Gasteiger partial charge in [0.25, 0.3) is 0 Å². The van der Waals surface area contributed by atoms with E-state index in [9.17, 15) is 5.11 Å². The van der Waals surface area contributed by atoms with Crippen LogP contribution in [0.5, 0.6) is 0 Å². The van der Waals surface area contributed by atoms with Gasteiger partial charge in [-0.3, -0.25) is 4.99 Å². The van der Waals surface area contributed by atoms with Gasteiger partial charge in [-0.25, -0.2) is 0 Å². The number of aliphatic hydroxyl groups is 1. The van der Waals surface area contributed by atoms with Gasteiger partial charge in [-0.2, -0.15) is 0 Å². The molecule has 1 aliphatic heterocycles. The molecule has 0 aromatic rings. The van der Waals surface area contributed by atoms with Crippen LogP contribution >= 0.6 is 0 Å². The molecule has 2 rings (SSSR count). The zero-order valence-electron chi connectivity index (χ0n) is 12.2. The number of guanidine groups is 1. The van der Waals surface area contributed by atoms with Crippen LogP contribution in [0.3, 0.4) is 0 Å². The van der Waals surface area contributed by atoms with Crippen molar-refractivity contribution in [3.63, 3.8) is 0 Å². The molecule has 0 aromatic heterocycles. The molecule has 5 nitrogen and oxygen atoms in total. The molecule has 0 bridgehead atoms. The molecule has 1 heterocycles. The van der Waals surface area contributed by atoms with Crippen molar-refractivity contribution in [1.29, 1.82) is 0 Å². The molecule has 1 saturated heterocycles. The number of aliphatic imine (C=N–C) groups is 1. The van der Waals surface area contributed by atoms with Gasteiger partial charge in [0.1, 0.15) is 0 Å². The van der Waals surface area contributed by atoms with Crippen molar-refractivity contribution in [3.8, 4) is 0 Å². The first-order valence-corrected chi connectivity index (χ1v) is 7.36. The van der Waals surface area contributed by atoms with Gasteiger partial charge in [0, 0.05) is 26.7 Å². The highest BCUT2D eigenvalue weighted by Gasteiger charge is 2.32. The Morgan fingerprint density at radius 1 is 1.16 bits per heavy atom. The van der Waals surface area contributed by atoms with Crippen LogP contribution in [0.2, 0.25) is 0 Å². The molecule has 1 aliphatic carbocycles. The first-order chi connectivity index (χ1) is 9.05. The number of nitrogens with zero attached hydrogens (tertiary/aromatic N) is 1. The van der Waals surface area contributed by atoms with Crippen molar-refractivity contribution < 1.29 is 9.84 Å². The van der Waals surface area contributed by atoms with Gasteiger partial charge >= 0.3 is 0 Å². The summed E-state index contributed by atoms with van der Waals surface area (Å²) in [7, 11) is 1.76. The van der Waals surface area contributed by atoms with E-state index < -0.39 is 5.60 Å². The van der Waals surface area contributed by atoms with Crippen LogP contribution in [0, 0.1) is 0 Å². The topological polar surface area (TPSA) is 65.9 Å². The van der Waals surface area contributed by atoms with Gasteiger partial charge in [0.15, 0.2) is 5.96 Å². The fourth-order valence-corrected chi connectivity index (χ4v) is 2.93. The van der Waals surface area contributed by atoms with Crippen molar-refractivity contribution in [2.24, 2.45) is 4.99 Å². The predicted molar refractivity (Wildman–Crippen MR) is 76.4 cm³/mol. The summed E-state index contributed by atoms with van der Waals surface area (Å²) in [6.07, 6.45) is 6.23. The maximum atomic E-state index is 10.3. The van der Waals surface area contributed by atoms with Crippen LogP contribution < -0.4 is 10.6 Å². The summed E-state index contributed by atoms with van der Waals surface area (Å²) in [5.74, 6) is 0.747. The summed E-state index contributed by atoms with van der Waals surface area (Å²) in [4.78, 5) is 4.20. The van der Waals surface area contributed by atoms with Gasteiger partial charge in [-0.05, 0) is 32.6 Å². The molecule has 19 heavy (non-hydrogen) atoms. The van der Waals surface area contributed by atoms with Crippen LogP contribution in [0.4, 0.5) is 0 Å². The molecule has 1 atom stereocenters. The lowest BCUT2D eigenvalue weighted by Crippen LogP contribution is -2.49. The predicted octanol–water partition coefficient (Wildman–Crippen LogP) is 1.03. The van der Waals surface area contributed by atoms with E-state index in [1.54, 1.807) is 7.05 Å². The highest BCUT2D eigenvalue weighted by molar-refractivity contribution is 5.79. The molecule has 0 spiro atoms. The number of ether oxygens (including phenoxy) is 1. The van der Waals surface area contributed by atoms with Crippen molar-refractivity contribution in [2.45, 2.75) is 56.7 Å². The average Bonchev–Trinajstić information content (AvgIpc) is 3.00. The van der Waals surface area contributed by atoms with Crippen molar-refractivity contribution in [1.82, 2.24) is 10.6 Å². The summed E-state index contributed by atoms with van der Waals surface area (Å²) >= 11 is 0. The lowest BCUT2D eigenvalue weighted by atomic mass is 10.0. The van der Waals surface area contributed by atoms with E-state index in [-0.39, 0.29) is 5.60 Å². The molecule has 2 aliphatic rings. The van der Waals surface area contributed by atoms with E-state index >= 15 is 0 Å². The van der Waals surface area contributed by atoms with E-state index in [4.69, 9.17) is 4.74 Å². The third-order valence-electron chi connectivity index (χ3n) is 4.27. The number of hydrogen-bond donors (Lipinski definition) is 3. The van der Waals surface area contributed by atoms with Crippen LogP contribution in [0.1, 0.15) is 45.4 Å². The summed E-state index contributed by atoms with van der Waals surface area (Å²) < 4.78 is 5.74. The van der Waals surface area contributed by atoms with E-state index in [2.05, 4.69) is 22.5 Å². The Bertz CT molecular complexity index is 291. The SMILES string of the molecule is CN=C(NCC1(O)CCCC1)NCC1(C)CCCO1. The molecule has 1 saturated carbocycles. The van der Waals surface area contributed by atoms with Crippen LogP contribution in [-0.2, 0) is 4.74 Å². The molecule has 1 unspecified atom stereocenters. The van der Waals surface area contributed by atoms with Crippen LogP contribution in [-0.4, -0.2) is 49.0 Å². The minimum absolute atomic E-state index is 0.0815. The largest absolute Gasteiger partial charge is 0.388 e. The summed E-state index contributed by atoms with van der Waals surface area (Å²) in [6, 6.07) is 0. The molecule has 5 heteroatoms. The maximum Gasteiger partial charge on any atom is 0.191 e. The summed E-state index contributed by atoms with van der Waals surface area (Å²) in [6.45, 7) is 4.31. The monoisotopic (exact) mass is 269 g/mol. The molecular formula is C14H27N3O2. The molecule has 0 aromatic carbocycles. The quantitative estimate of drug-likeness (QED) is 0.527. The molecule has 3 N–H and O–H groups in total. The van der Waals surface area contributed by atoms with Gasteiger partial charge in [0.05, 0.1) is 11.2 Å². The first-order valence-electron chi connectivity index (χ1n) is 7.36. The van der Waals surface area contributed by atoms with E-state index in [0.717, 1.165) is 57.6 Å². The Labute approximate surface area is 115 Å². The second-order valence-corrected chi connectivity index (χ2v) is 6.11. The van der Waals surface area contributed by atoms with Gasteiger partial charge in [0.2, 0.25) is 0 Å². The number of hydrogen-bond acceptors (Lipinski definition) is 3. The van der Waals surface area contributed by atoms with E-state index in [1.165, 1.54) is 0 Å². The highest BCUT2D eigenvalue weighted by atomic mass is 16.5. The van der Waals surface area contributed by atoms with E-state index in [0.29, 0.717) is 6.54 Å². The Morgan fingerprint density at radius 3 is 2.42 bits per heavy atom. The highest BCUT2D eigenvalue weighted by Crippen LogP contribution is 2.28. The van der Waals surface area contributed by atoms with Crippen molar-refractivity contribution in [2.75, 3.05) is 26.7 Å². The van der Waals surface area contributed by atoms with Crippen molar-refractivity contribution >= 4 is 5.96 Å². The van der Waals surface area contributed by atoms with Gasteiger partial charge < -0.3 is 20.5 Å². The summed E-state index contributed by atoms with van der Waals surface area (Å²) in [5.41, 5.74) is -0.632. The summed E-state index contributed by atoms with van der Waals surface area (Å²) in [5, 5.41) is 16.8. The molecule has 110 valence electrons. The van der Waals surface area contributed by atoms with Crippen LogP contribution in [0.25, 0.3) is 0 Å². The Balaban J connectivity index is 1.74. The Hall–Kier alpha value is -0.810. The number of rotatable bonds is 4. The smallest absolute Gasteiger partial charge is 0.191 e. The normalized spacial score (nSPS) is 30.6. The van der Waals surface area contributed by atoms with E-state index in [1.807, 2.05) is 0 Å². The Kier molecular flexibility index (Phi) is 4.68. The minimum Gasteiger partial charge on any atom is -0.388 e. The third kappa shape index (κ3) is 4.08. The standard InChI is InChI=1S/C14H27N3O2/c1-13(6-5-9-19-13)10-16-12(15-2)17-11-14(18)7-3-4-8-14/h18H,3-11H2,1-2H3,(H2,15,16,17). The second-order valence-electron chi connectivity index (χ2n) is 6.11. The average molecular weight is 269 g/mol. The Morgan fingerprint density at radius 2 is 1.84 bits per heavy atom. The fourth-order valence-electron chi connectivity index (χ4n) is 2.93. The van der Waals surface area contributed by atoms with Crippen molar-refractivity contribution in [3.05, 3.63) is 0 Å². The lowest BCUT2D eigenvalue weighted by molar-refractivity contribution is 0.0240. The first kappa shape index (κ1) is 14.6. The molecule has 2 fully saturated rings. The molecule has 0 amide bonds. The third-order valence-corrected chi connectivity index (χ3v) is 4.27. The van der Waals surface area contributed by atoms with Gasteiger partial charge in [-0.1, -0.05) is 12.8 Å². The minimum atomic E-state index is -0.550. The maximum absolute atomic E-state index is 10.3.